The van der Waals surface area contributed by atoms with Crippen LogP contribution in [0.2, 0.25) is 0 Å². The standard InChI is InChI=1S/C22H19FN4O3/c1-3-29-16-9-6-13(10-17(16)28-2)20-19-18(12-4-7-14(23)8-5-12)15(11-24)21(25)30-22(19)27-26-20/h4-10,18H,3,25H2,1-2H3,(H,26,27). The molecule has 2 aromatic carbocycles. The van der Waals surface area contributed by atoms with Crippen molar-refractivity contribution in [2.45, 2.75) is 12.8 Å². The number of aromatic nitrogens is 2. The van der Waals surface area contributed by atoms with E-state index in [-0.39, 0.29) is 23.2 Å². The number of halogens is 1. The van der Waals surface area contributed by atoms with Crippen molar-refractivity contribution >= 4 is 0 Å². The molecule has 1 aromatic heterocycles. The van der Waals surface area contributed by atoms with Gasteiger partial charge in [-0.15, -0.1) is 5.10 Å². The van der Waals surface area contributed by atoms with E-state index in [9.17, 15) is 9.65 Å². The van der Waals surface area contributed by atoms with Crippen LogP contribution in [-0.2, 0) is 0 Å². The zero-order valence-electron chi connectivity index (χ0n) is 16.4. The van der Waals surface area contributed by atoms with Crippen molar-refractivity contribution in [3.8, 4) is 34.7 Å². The summed E-state index contributed by atoms with van der Waals surface area (Å²) in [4.78, 5) is 0. The lowest BCUT2D eigenvalue weighted by Crippen LogP contribution is -2.21. The third-order valence-corrected chi connectivity index (χ3v) is 4.89. The van der Waals surface area contributed by atoms with E-state index < -0.39 is 5.92 Å². The van der Waals surface area contributed by atoms with Crippen LogP contribution in [0.4, 0.5) is 4.39 Å². The van der Waals surface area contributed by atoms with E-state index in [1.165, 1.54) is 12.1 Å². The first kappa shape index (κ1) is 19.3. The SMILES string of the molecule is CCOc1ccc(-c2[nH]nc3c2C(c2ccc(F)cc2)C(C#N)=C(N)O3)cc1OC. The molecule has 0 aliphatic carbocycles. The van der Waals surface area contributed by atoms with E-state index in [4.69, 9.17) is 19.9 Å². The summed E-state index contributed by atoms with van der Waals surface area (Å²) in [6.07, 6.45) is 0. The van der Waals surface area contributed by atoms with Gasteiger partial charge in [0.05, 0.1) is 30.9 Å². The van der Waals surface area contributed by atoms with Crippen LogP contribution in [0.5, 0.6) is 17.4 Å². The number of nitrogens with zero attached hydrogens (tertiary/aromatic N) is 2. The summed E-state index contributed by atoms with van der Waals surface area (Å²) in [7, 11) is 1.56. The molecule has 0 bridgehead atoms. The number of ether oxygens (including phenoxy) is 3. The molecule has 8 heteroatoms. The summed E-state index contributed by atoms with van der Waals surface area (Å²) in [5.74, 6) is 0.481. The maximum atomic E-state index is 13.5. The highest BCUT2D eigenvalue weighted by molar-refractivity contribution is 5.72. The number of benzene rings is 2. The number of H-pyrrole nitrogens is 1. The number of hydrogen-bond donors (Lipinski definition) is 2. The third-order valence-electron chi connectivity index (χ3n) is 4.89. The number of nitrogens with one attached hydrogen (secondary N) is 1. The Labute approximate surface area is 172 Å². The molecule has 152 valence electrons. The molecule has 1 aliphatic heterocycles. The molecule has 0 amide bonds. The second kappa shape index (κ2) is 7.79. The zero-order valence-corrected chi connectivity index (χ0v) is 16.4. The second-order valence-electron chi connectivity index (χ2n) is 6.59. The Hall–Kier alpha value is -3.99. The number of nitrogens with two attached hydrogens (primary N) is 1. The minimum Gasteiger partial charge on any atom is -0.493 e. The normalized spacial score (nSPS) is 15.2. The molecule has 1 atom stereocenters. The molecular weight excluding hydrogens is 387 g/mol. The number of methoxy groups -OCH3 is 1. The molecule has 1 unspecified atom stereocenters. The molecule has 2 heterocycles. The van der Waals surface area contributed by atoms with Gasteiger partial charge in [-0.1, -0.05) is 12.1 Å². The van der Waals surface area contributed by atoms with Crippen molar-refractivity contribution in [2.24, 2.45) is 5.73 Å². The summed E-state index contributed by atoms with van der Waals surface area (Å²) >= 11 is 0. The summed E-state index contributed by atoms with van der Waals surface area (Å²) < 4.78 is 30.1. The molecule has 0 spiro atoms. The fourth-order valence-corrected chi connectivity index (χ4v) is 3.55. The van der Waals surface area contributed by atoms with Gasteiger partial charge in [0.1, 0.15) is 17.5 Å². The third kappa shape index (κ3) is 3.20. The Morgan fingerprint density at radius 1 is 1.23 bits per heavy atom. The van der Waals surface area contributed by atoms with E-state index in [1.807, 2.05) is 19.1 Å². The van der Waals surface area contributed by atoms with E-state index >= 15 is 0 Å². The molecule has 1 aliphatic rings. The number of aromatic amines is 1. The van der Waals surface area contributed by atoms with Gasteiger partial charge in [-0.2, -0.15) is 5.26 Å². The molecule has 0 fully saturated rings. The van der Waals surface area contributed by atoms with Crippen LogP contribution >= 0.6 is 0 Å². The van der Waals surface area contributed by atoms with Gasteiger partial charge in [0.25, 0.3) is 0 Å². The number of fused-ring (bicyclic) bond motifs is 1. The molecule has 0 saturated heterocycles. The highest BCUT2D eigenvalue weighted by Gasteiger charge is 2.35. The number of rotatable bonds is 5. The average Bonchev–Trinajstić information content (AvgIpc) is 3.17. The predicted octanol–water partition coefficient (Wildman–Crippen LogP) is 3.84. The minimum absolute atomic E-state index is 0.0263. The average molecular weight is 406 g/mol. The molecular formula is C22H19FN4O3. The lowest BCUT2D eigenvalue weighted by molar-refractivity contribution is 0.311. The van der Waals surface area contributed by atoms with Crippen molar-refractivity contribution in [3.63, 3.8) is 0 Å². The lowest BCUT2D eigenvalue weighted by Gasteiger charge is -2.24. The topological polar surface area (TPSA) is 106 Å². The molecule has 4 rings (SSSR count). The Kier molecular flexibility index (Phi) is 5.02. The summed E-state index contributed by atoms with van der Waals surface area (Å²) in [6.45, 7) is 2.40. The fourth-order valence-electron chi connectivity index (χ4n) is 3.55. The maximum Gasteiger partial charge on any atom is 0.244 e. The van der Waals surface area contributed by atoms with Gasteiger partial charge in [0, 0.05) is 5.56 Å². The number of nitriles is 1. The first-order valence-corrected chi connectivity index (χ1v) is 9.29. The highest BCUT2D eigenvalue weighted by atomic mass is 19.1. The highest BCUT2D eigenvalue weighted by Crippen LogP contribution is 2.46. The van der Waals surface area contributed by atoms with Crippen molar-refractivity contribution in [2.75, 3.05) is 13.7 Å². The first-order valence-electron chi connectivity index (χ1n) is 9.29. The molecule has 0 saturated carbocycles. The van der Waals surface area contributed by atoms with Gasteiger partial charge in [0.15, 0.2) is 11.5 Å². The van der Waals surface area contributed by atoms with Gasteiger partial charge < -0.3 is 19.9 Å². The summed E-state index contributed by atoms with van der Waals surface area (Å²) in [6, 6.07) is 13.5. The van der Waals surface area contributed by atoms with Gasteiger partial charge in [-0.25, -0.2) is 4.39 Å². The van der Waals surface area contributed by atoms with Crippen molar-refractivity contribution < 1.29 is 18.6 Å². The lowest BCUT2D eigenvalue weighted by atomic mass is 9.83. The van der Waals surface area contributed by atoms with Crippen LogP contribution in [0.3, 0.4) is 0 Å². The van der Waals surface area contributed by atoms with E-state index in [0.29, 0.717) is 34.9 Å². The van der Waals surface area contributed by atoms with Gasteiger partial charge in [0.2, 0.25) is 11.8 Å². The Bertz CT molecular complexity index is 1160. The van der Waals surface area contributed by atoms with Crippen LogP contribution in [0, 0.1) is 17.1 Å². The van der Waals surface area contributed by atoms with Crippen LogP contribution in [0.15, 0.2) is 53.9 Å². The van der Waals surface area contributed by atoms with Crippen LogP contribution in [0.25, 0.3) is 11.3 Å². The van der Waals surface area contributed by atoms with Crippen LogP contribution in [0.1, 0.15) is 24.0 Å². The predicted molar refractivity (Wildman–Crippen MR) is 107 cm³/mol. The molecule has 3 N–H and O–H groups in total. The van der Waals surface area contributed by atoms with Crippen LogP contribution < -0.4 is 19.9 Å². The second-order valence-corrected chi connectivity index (χ2v) is 6.59. The van der Waals surface area contributed by atoms with Crippen molar-refractivity contribution in [3.05, 3.63) is 70.9 Å². The molecule has 7 nitrogen and oxygen atoms in total. The van der Waals surface area contributed by atoms with Crippen molar-refractivity contribution in [1.29, 1.82) is 5.26 Å². The maximum absolute atomic E-state index is 13.5. The van der Waals surface area contributed by atoms with Gasteiger partial charge in [-0.3, -0.25) is 5.10 Å². The quantitative estimate of drug-likeness (QED) is 0.667. The monoisotopic (exact) mass is 406 g/mol. The first-order chi connectivity index (χ1) is 14.6. The Morgan fingerprint density at radius 2 is 2.00 bits per heavy atom. The summed E-state index contributed by atoms with van der Waals surface area (Å²) in [5, 5.41) is 17.0. The molecule has 0 radical (unpaired) electrons. The van der Waals surface area contributed by atoms with E-state index in [2.05, 4.69) is 16.3 Å². The fraction of sp³-hybridized carbons (Fsp3) is 0.182. The Morgan fingerprint density at radius 3 is 2.67 bits per heavy atom. The van der Waals surface area contributed by atoms with E-state index in [0.717, 1.165) is 5.56 Å². The molecule has 30 heavy (non-hydrogen) atoms. The summed E-state index contributed by atoms with van der Waals surface area (Å²) in [5.41, 5.74) is 8.94. The smallest absolute Gasteiger partial charge is 0.244 e. The number of allylic oxidation sites excluding steroid dienone is 1. The van der Waals surface area contributed by atoms with Crippen LogP contribution in [-0.4, -0.2) is 23.9 Å². The van der Waals surface area contributed by atoms with E-state index in [1.54, 1.807) is 25.3 Å². The van der Waals surface area contributed by atoms with Crippen molar-refractivity contribution in [1.82, 2.24) is 10.2 Å². The Balaban J connectivity index is 1.89. The van der Waals surface area contributed by atoms with Gasteiger partial charge in [-0.05, 0) is 42.8 Å². The number of hydrogen-bond acceptors (Lipinski definition) is 6. The largest absolute Gasteiger partial charge is 0.493 e. The molecule has 3 aromatic rings. The van der Waals surface area contributed by atoms with Gasteiger partial charge >= 0.3 is 0 Å². The minimum atomic E-state index is -0.564. The zero-order chi connectivity index (χ0) is 21.3.